The molecule has 0 radical (unpaired) electrons. The molecule has 0 saturated heterocycles. The van der Waals surface area contributed by atoms with Crippen molar-refractivity contribution in [3.8, 4) is 0 Å². The highest BCUT2D eigenvalue weighted by atomic mass is 16.1. The molecule has 0 saturated carbocycles. The van der Waals surface area contributed by atoms with Crippen LogP contribution in [0.4, 0.5) is 5.69 Å². The van der Waals surface area contributed by atoms with Crippen LogP contribution in [-0.4, -0.2) is 18.5 Å². The summed E-state index contributed by atoms with van der Waals surface area (Å²) >= 11 is 0. The first kappa shape index (κ1) is 11.0. The van der Waals surface area contributed by atoms with Crippen molar-refractivity contribution in [1.82, 2.24) is 0 Å². The van der Waals surface area contributed by atoms with E-state index in [2.05, 4.69) is 24.8 Å². The number of amides is 1. The Bertz CT molecular complexity index is 430. The Morgan fingerprint density at radius 2 is 2.12 bits per heavy atom. The second-order valence-electron chi connectivity index (χ2n) is 4.55. The minimum atomic E-state index is -0.577. The Balaban J connectivity index is 2.64. The third kappa shape index (κ3) is 1.17. The third-order valence-corrected chi connectivity index (χ3v) is 3.93. The standard InChI is InChI=1S/C13H18N2O/c1-4-15-9(2)13(3,12(14)16)10-7-5-6-8-11(10)15/h5-9H,4H2,1-3H3,(H2,14,16). The Morgan fingerprint density at radius 1 is 1.50 bits per heavy atom. The van der Waals surface area contributed by atoms with Crippen molar-refractivity contribution >= 4 is 11.6 Å². The number of para-hydroxylation sites is 1. The van der Waals surface area contributed by atoms with Crippen LogP contribution < -0.4 is 10.6 Å². The van der Waals surface area contributed by atoms with E-state index >= 15 is 0 Å². The van der Waals surface area contributed by atoms with Crippen molar-refractivity contribution in [3.05, 3.63) is 29.8 Å². The average Bonchev–Trinajstić information content (AvgIpc) is 2.50. The molecule has 3 heteroatoms. The van der Waals surface area contributed by atoms with Gasteiger partial charge in [0.25, 0.3) is 0 Å². The summed E-state index contributed by atoms with van der Waals surface area (Å²) in [5.41, 5.74) is 7.20. The maximum atomic E-state index is 11.8. The predicted molar refractivity (Wildman–Crippen MR) is 65.5 cm³/mol. The maximum Gasteiger partial charge on any atom is 0.229 e. The normalized spacial score (nSPS) is 27.9. The molecule has 0 fully saturated rings. The number of primary amides is 1. The minimum Gasteiger partial charge on any atom is -0.369 e. The summed E-state index contributed by atoms with van der Waals surface area (Å²) in [4.78, 5) is 14.0. The van der Waals surface area contributed by atoms with Gasteiger partial charge in [-0.1, -0.05) is 18.2 Å². The van der Waals surface area contributed by atoms with E-state index in [9.17, 15) is 4.79 Å². The molecule has 2 N–H and O–H groups in total. The van der Waals surface area contributed by atoms with Crippen LogP contribution in [0.5, 0.6) is 0 Å². The molecule has 1 amide bonds. The summed E-state index contributed by atoms with van der Waals surface area (Å²) in [6.07, 6.45) is 0. The fourth-order valence-corrected chi connectivity index (χ4v) is 2.69. The lowest BCUT2D eigenvalue weighted by atomic mass is 9.78. The first-order valence-electron chi connectivity index (χ1n) is 5.69. The molecule has 2 rings (SSSR count). The molecule has 0 aromatic heterocycles. The van der Waals surface area contributed by atoms with Crippen LogP contribution in [0, 0.1) is 0 Å². The Morgan fingerprint density at radius 3 is 2.69 bits per heavy atom. The highest BCUT2D eigenvalue weighted by Gasteiger charge is 2.48. The molecule has 16 heavy (non-hydrogen) atoms. The summed E-state index contributed by atoms with van der Waals surface area (Å²) in [5, 5.41) is 0. The van der Waals surface area contributed by atoms with Gasteiger partial charge in [-0.25, -0.2) is 0 Å². The van der Waals surface area contributed by atoms with E-state index in [1.54, 1.807) is 0 Å². The number of hydrogen-bond donors (Lipinski definition) is 1. The zero-order valence-corrected chi connectivity index (χ0v) is 10.0. The first-order valence-corrected chi connectivity index (χ1v) is 5.69. The molecular weight excluding hydrogens is 200 g/mol. The highest BCUT2D eigenvalue weighted by Crippen LogP contribution is 2.44. The van der Waals surface area contributed by atoms with Gasteiger partial charge in [0.2, 0.25) is 5.91 Å². The van der Waals surface area contributed by atoms with Gasteiger partial charge in [0, 0.05) is 18.3 Å². The van der Waals surface area contributed by atoms with Crippen LogP contribution in [-0.2, 0) is 10.2 Å². The summed E-state index contributed by atoms with van der Waals surface area (Å²) in [7, 11) is 0. The van der Waals surface area contributed by atoms with Crippen molar-refractivity contribution in [3.63, 3.8) is 0 Å². The van der Waals surface area contributed by atoms with Crippen LogP contribution in [0.1, 0.15) is 26.3 Å². The highest BCUT2D eigenvalue weighted by molar-refractivity contribution is 5.92. The molecular formula is C13H18N2O. The van der Waals surface area contributed by atoms with Crippen molar-refractivity contribution in [2.45, 2.75) is 32.2 Å². The first-order chi connectivity index (χ1) is 7.53. The van der Waals surface area contributed by atoms with Gasteiger partial charge in [-0.15, -0.1) is 0 Å². The van der Waals surface area contributed by atoms with Crippen molar-refractivity contribution in [2.75, 3.05) is 11.4 Å². The van der Waals surface area contributed by atoms with Crippen molar-refractivity contribution in [1.29, 1.82) is 0 Å². The van der Waals surface area contributed by atoms with Gasteiger partial charge in [-0.2, -0.15) is 0 Å². The van der Waals surface area contributed by atoms with E-state index < -0.39 is 5.41 Å². The molecule has 3 nitrogen and oxygen atoms in total. The van der Waals surface area contributed by atoms with Gasteiger partial charge in [-0.05, 0) is 32.4 Å². The lowest BCUT2D eigenvalue weighted by molar-refractivity contribution is -0.123. The smallest absolute Gasteiger partial charge is 0.229 e. The van der Waals surface area contributed by atoms with E-state index in [-0.39, 0.29) is 11.9 Å². The fraction of sp³-hybridized carbons (Fsp3) is 0.462. The molecule has 0 aliphatic carbocycles. The van der Waals surface area contributed by atoms with Gasteiger partial charge >= 0.3 is 0 Å². The predicted octanol–water partition coefficient (Wildman–Crippen LogP) is 1.66. The SMILES string of the molecule is CCN1c2ccccc2C(C)(C(N)=O)C1C. The number of carbonyl (C=O) groups is 1. The zero-order chi connectivity index (χ0) is 11.9. The van der Waals surface area contributed by atoms with Crippen LogP contribution in [0.25, 0.3) is 0 Å². The largest absolute Gasteiger partial charge is 0.369 e. The molecule has 1 heterocycles. The van der Waals surface area contributed by atoms with Gasteiger partial charge in [0.15, 0.2) is 0 Å². The minimum absolute atomic E-state index is 0.118. The quantitative estimate of drug-likeness (QED) is 0.820. The molecule has 0 spiro atoms. The fourth-order valence-electron chi connectivity index (χ4n) is 2.69. The number of fused-ring (bicyclic) bond motifs is 1. The third-order valence-electron chi connectivity index (χ3n) is 3.93. The van der Waals surface area contributed by atoms with E-state index in [1.165, 1.54) is 0 Å². The second-order valence-corrected chi connectivity index (χ2v) is 4.55. The zero-order valence-electron chi connectivity index (χ0n) is 10.0. The molecule has 2 unspecified atom stereocenters. The second kappa shape index (κ2) is 3.51. The number of nitrogens with two attached hydrogens (primary N) is 1. The molecule has 0 bridgehead atoms. The topological polar surface area (TPSA) is 46.3 Å². The van der Waals surface area contributed by atoms with Gasteiger partial charge in [-0.3, -0.25) is 4.79 Å². The summed E-state index contributed by atoms with van der Waals surface area (Å²) in [5.74, 6) is -0.247. The Kier molecular flexibility index (Phi) is 2.41. The number of benzene rings is 1. The van der Waals surface area contributed by atoms with Crippen molar-refractivity contribution in [2.24, 2.45) is 5.73 Å². The maximum absolute atomic E-state index is 11.8. The molecule has 1 aliphatic heterocycles. The molecule has 1 aromatic carbocycles. The molecule has 1 aromatic rings. The Hall–Kier alpha value is -1.51. The number of nitrogens with zero attached hydrogens (tertiary/aromatic N) is 1. The van der Waals surface area contributed by atoms with Gasteiger partial charge in [0.05, 0.1) is 5.41 Å². The number of rotatable bonds is 2. The summed E-state index contributed by atoms with van der Waals surface area (Å²) < 4.78 is 0. The lowest BCUT2D eigenvalue weighted by Crippen LogP contribution is -2.49. The van der Waals surface area contributed by atoms with Crippen LogP contribution >= 0.6 is 0 Å². The molecule has 86 valence electrons. The number of likely N-dealkylation sites (N-methyl/N-ethyl adjacent to an activating group) is 1. The van der Waals surface area contributed by atoms with E-state index in [4.69, 9.17) is 5.73 Å². The summed E-state index contributed by atoms with van der Waals surface area (Å²) in [6.45, 7) is 6.99. The Labute approximate surface area is 96.2 Å². The van der Waals surface area contributed by atoms with E-state index in [1.807, 2.05) is 25.1 Å². The average molecular weight is 218 g/mol. The van der Waals surface area contributed by atoms with Gasteiger partial charge in [0.1, 0.15) is 0 Å². The lowest BCUT2D eigenvalue weighted by Gasteiger charge is -2.31. The van der Waals surface area contributed by atoms with Gasteiger partial charge < -0.3 is 10.6 Å². The van der Waals surface area contributed by atoms with E-state index in [0.717, 1.165) is 17.8 Å². The summed E-state index contributed by atoms with van der Waals surface area (Å²) in [6, 6.07) is 8.15. The van der Waals surface area contributed by atoms with Crippen molar-refractivity contribution < 1.29 is 4.79 Å². The van der Waals surface area contributed by atoms with Crippen LogP contribution in [0.3, 0.4) is 0 Å². The molecule has 1 aliphatic rings. The van der Waals surface area contributed by atoms with E-state index in [0.29, 0.717) is 0 Å². The number of anilines is 1. The number of carbonyl (C=O) groups excluding carboxylic acids is 1. The molecule has 2 atom stereocenters. The van der Waals surface area contributed by atoms with Crippen LogP contribution in [0.15, 0.2) is 24.3 Å². The number of hydrogen-bond acceptors (Lipinski definition) is 2. The monoisotopic (exact) mass is 218 g/mol. The van der Waals surface area contributed by atoms with Crippen LogP contribution in [0.2, 0.25) is 0 Å².